The maximum atomic E-state index is 2.55. The fourth-order valence-electron chi connectivity index (χ4n) is 4.55. The van der Waals surface area contributed by atoms with Crippen molar-refractivity contribution in [1.29, 1.82) is 0 Å². The number of benzene rings is 2. The van der Waals surface area contributed by atoms with Crippen LogP contribution in [0.2, 0.25) is 0 Å². The van der Waals surface area contributed by atoms with Crippen molar-refractivity contribution in [2.24, 2.45) is 7.05 Å². The molecule has 1 atom stereocenters. The summed E-state index contributed by atoms with van der Waals surface area (Å²) in [5.74, 6) is 1.23. The quantitative estimate of drug-likeness (QED) is 0.553. The van der Waals surface area contributed by atoms with Crippen molar-refractivity contribution in [1.82, 2.24) is 0 Å². The third-order valence-electron chi connectivity index (χ3n) is 5.83. The first-order chi connectivity index (χ1) is 13.5. The first-order valence-electron chi connectivity index (χ1n) is 10.3. The summed E-state index contributed by atoms with van der Waals surface area (Å²) in [4.78, 5) is 5.06. The number of nitrogens with zero attached hydrogens (tertiary/aromatic N) is 3. The monoisotopic (exact) mass is 372 g/mol. The Kier molecular flexibility index (Phi) is 4.84. The van der Waals surface area contributed by atoms with Crippen LogP contribution in [0, 0.1) is 6.92 Å². The van der Waals surface area contributed by atoms with Crippen LogP contribution in [0.5, 0.6) is 0 Å². The lowest BCUT2D eigenvalue weighted by atomic mass is 10.0. The summed E-state index contributed by atoms with van der Waals surface area (Å²) >= 11 is 0. The van der Waals surface area contributed by atoms with Crippen LogP contribution in [0.15, 0.2) is 66.7 Å². The summed E-state index contributed by atoms with van der Waals surface area (Å²) in [6.07, 6.45) is 1.37. The zero-order valence-corrected chi connectivity index (χ0v) is 17.6. The normalized spacial score (nSPS) is 16.0. The molecule has 0 N–H and O–H groups in total. The van der Waals surface area contributed by atoms with E-state index in [1.165, 1.54) is 34.0 Å². The van der Waals surface area contributed by atoms with Gasteiger partial charge < -0.3 is 4.90 Å². The zero-order valence-electron chi connectivity index (χ0n) is 17.6. The second-order valence-corrected chi connectivity index (χ2v) is 7.89. The largest absolute Gasteiger partial charge is 0.327 e. The van der Waals surface area contributed by atoms with Crippen LogP contribution in [0.25, 0.3) is 11.3 Å². The highest BCUT2D eigenvalue weighted by Gasteiger charge is 2.43. The Morgan fingerprint density at radius 2 is 1.57 bits per heavy atom. The van der Waals surface area contributed by atoms with Crippen molar-refractivity contribution in [3.63, 3.8) is 0 Å². The molecule has 1 aromatic heterocycles. The van der Waals surface area contributed by atoms with Crippen LogP contribution in [-0.4, -0.2) is 12.2 Å². The van der Waals surface area contributed by atoms with Crippen molar-refractivity contribution in [3.8, 4) is 11.3 Å². The van der Waals surface area contributed by atoms with E-state index >= 15 is 0 Å². The van der Waals surface area contributed by atoms with Crippen molar-refractivity contribution < 1.29 is 4.57 Å². The van der Waals surface area contributed by atoms with Gasteiger partial charge in [-0.25, -0.2) is 9.47 Å². The molecule has 0 fully saturated rings. The van der Waals surface area contributed by atoms with E-state index < -0.39 is 0 Å². The standard InChI is InChI=1S/C25H30N3/c1-6-24-27(18(2)3)22-14-9-10-15-23(22)28(24)25-17-11-16-21(26(25)5)20-13-8-7-12-19(20)4/h7-18,24H,6H2,1-5H3/q+1. The molecular weight excluding hydrogens is 342 g/mol. The average Bonchev–Trinajstić information content (AvgIpc) is 3.03. The number of fused-ring (bicyclic) bond motifs is 1. The van der Waals surface area contributed by atoms with Gasteiger partial charge in [0.2, 0.25) is 0 Å². The molecule has 144 valence electrons. The lowest BCUT2D eigenvalue weighted by Crippen LogP contribution is -2.48. The predicted octanol–water partition coefficient (Wildman–Crippen LogP) is 5.59. The fourth-order valence-corrected chi connectivity index (χ4v) is 4.55. The van der Waals surface area contributed by atoms with Crippen molar-refractivity contribution in [3.05, 3.63) is 72.3 Å². The minimum atomic E-state index is 0.315. The number of anilines is 3. The molecule has 4 rings (SSSR count). The van der Waals surface area contributed by atoms with E-state index in [4.69, 9.17) is 0 Å². The second-order valence-electron chi connectivity index (χ2n) is 7.89. The number of pyridine rings is 1. The predicted molar refractivity (Wildman–Crippen MR) is 118 cm³/mol. The van der Waals surface area contributed by atoms with Crippen LogP contribution in [0.3, 0.4) is 0 Å². The molecule has 0 radical (unpaired) electrons. The van der Waals surface area contributed by atoms with Crippen molar-refractivity contribution in [2.45, 2.75) is 46.3 Å². The molecule has 3 aromatic rings. The Bertz CT molecular complexity index is 993. The van der Waals surface area contributed by atoms with Gasteiger partial charge in [-0.3, -0.25) is 0 Å². The van der Waals surface area contributed by atoms with Gasteiger partial charge in [0.05, 0.1) is 12.7 Å². The van der Waals surface area contributed by atoms with Crippen LogP contribution < -0.4 is 14.4 Å². The Balaban J connectivity index is 1.90. The highest BCUT2D eigenvalue weighted by Crippen LogP contribution is 2.45. The van der Waals surface area contributed by atoms with Crippen LogP contribution in [0.4, 0.5) is 17.2 Å². The molecule has 3 nitrogen and oxygen atoms in total. The number of hydrogen-bond donors (Lipinski definition) is 0. The zero-order chi connectivity index (χ0) is 19.8. The van der Waals surface area contributed by atoms with Crippen molar-refractivity contribution >= 4 is 17.2 Å². The molecule has 2 heterocycles. The first kappa shape index (κ1) is 18.5. The molecule has 0 amide bonds. The Labute approximate surface area is 168 Å². The van der Waals surface area contributed by atoms with Gasteiger partial charge in [-0.1, -0.05) is 43.3 Å². The van der Waals surface area contributed by atoms with Gasteiger partial charge in [0.15, 0.2) is 11.9 Å². The topological polar surface area (TPSA) is 10.4 Å². The molecule has 0 saturated carbocycles. The minimum absolute atomic E-state index is 0.315. The van der Waals surface area contributed by atoms with E-state index in [1.54, 1.807) is 0 Å². The van der Waals surface area contributed by atoms with Crippen LogP contribution >= 0.6 is 0 Å². The molecule has 1 aliphatic heterocycles. The Hall–Kier alpha value is -2.81. The molecule has 0 saturated heterocycles. The van der Waals surface area contributed by atoms with Crippen molar-refractivity contribution in [2.75, 3.05) is 9.80 Å². The highest BCUT2D eigenvalue weighted by molar-refractivity contribution is 5.82. The first-order valence-corrected chi connectivity index (χ1v) is 10.3. The third kappa shape index (κ3) is 2.86. The molecule has 0 spiro atoms. The maximum Gasteiger partial charge on any atom is 0.283 e. The lowest BCUT2D eigenvalue weighted by Gasteiger charge is -2.30. The van der Waals surface area contributed by atoms with Crippen LogP contribution in [-0.2, 0) is 7.05 Å². The van der Waals surface area contributed by atoms with Gasteiger partial charge in [-0.15, -0.1) is 0 Å². The summed E-state index contributed by atoms with van der Waals surface area (Å²) in [6.45, 7) is 9.03. The number of hydrogen-bond acceptors (Lipinski definition) is 2. The van der Waals surface area contributed by atoms with E-state index in [9.17, 15) is 0 Å². The number of rotatable bonds is 4. The number of aryl methyl sites for hydroxylation is 1. The van der Waals surface area contributed by atoms with Gasteiger partial charge in [0.25, 0.3) is 5.82 Å². The summed E-state index contributed by atoms with van der Waals surface area (Å²) in [5, 5.41) is 0. The lowest BCUT2D eigenvalue weighted by molar-refractivity contribution is -0.647. The van der Waals surface area contributed by atoms with E-state index in [2.05, 4.69) is 116 Å². The molecular formula is C25H30N3+. The SMILES string of the molecule is CCC1N(c2cccc(-c3ccccc3C)[n+]2C)c2ccccc2N1C(C)C. The van der Waals surface area contributed by atoms with E-state index in [0.29, 0.717) is 12.2 Å². The smallest absolute Gasteiger partial charge is 0.283 e. The van der Waals surface area contributed by atoms with Gasteiger partial charge in [-0.2, -0.15) is 0 Å². The average molecular weight is 373 g/mol. The molecule has 28 heavy (non-hydrogen) atoms. The number of aromatic nitrogens is 1. The second kappa shape index (κ2) is 7.31. The molecule has 1 unspecified atom stereocenters. The highest BCUT2D eigenvalue weighted by atomic mass is 15.4. The van der Waals surface area contributed by atoms with Gasteiger partial charge >= 0.3 is 0 Å². The van der Waals surface area contributed by atoms with Gasteiger partial charge in [-0.05, 0) is 50.6 Å². The molecule has 0 aliphatic carbocycles. The minimum Gasteiger partial charge on any atom is -0.327 e. The van der Waals surface area contributed by atoms with E-state index in [-0.39, 0.29) is 0 Å². The van der Waals surface area contributed by atoms with Gasteiger partial charge in [0, 0.05) is 24.1 Å². The summed E-state index contributed by atoms with van der Waals surface area (Å²) in [5.41, 5.74) is 6.44. The van der Waals surface area contributed by atoms with E-state index in [1.807, 2.05) is 0 Å². The van der Waals surface area contributed by atoms with Gasteiger partial charge in [0.1, 0.15) is 5.69 Å². The molecule has 2 aromatic carbocycles. The summed E-state index contributed by atoms with van der Waals surface area (Å²) in [7, 11) is 2.18. The molecule has 3 heteroatoms. The summed E-state index contributed by atoms with van der Waals surface area (Å²) < 4.78 is 2.34. The Morgan fingerprint density at radius 3 is 2.25 bits per heavy atom. The maximum absolute atomic E-state index is 2.55. The molecule has 0 bridgehead atoms. The third-order valence-corrected chi connectivity index (χ3v) is 5.83. The van der Waals surface area contributed by atoms with Crippen LogP contribution in [0.1, 0.15) is 32.8 Å². The molecule has 1 aliphatic rings. The number of para-hydroxylation sites is 2. The summed E-state index contributed by atoms with van der Waals surface area (Å²) in [6, 6.07) is 24.5. The fraction of sp³-hybridized carbons (Fsp3) is 0.320. The van der Waals surface area contributed by atoms with E-state index in [0.717, 1.165) is 6.42 Å². The Morgan fingerprint density at radius 1 is 0.893 bits per heavy atom.